The summed E-state index contributed by atoms with van der Waals surface area (Å²) in [6.45, 7) is -5.14. The van der Waals surface area contributed by atoms with Crippen molar-refractivity contribution in [3.63, 3.8) is 0 Å². The maximum atomic E-state index is 13.5. The van der Waals surface area contributed by atoms with E-state index in [9.17, 15) is 19.1 Å². The van der Waals surface area contributed by atoms with Crippen LogP contribution in [0.3, 0.4) is 0 Å². The van der Waals surface area contributed by atoms with Crippen LogP contribution in [0, 0.1) is 24.2 Å². The number of nitrogens with zero attached hydrogens (tertiary/aromatic N) is 7. The molecular formula is C24H26N10O10P2S. The first kappa shape index (κ1) is 30.9. The first-order valence-corrected chi connectivity index (χ1v) is 18.2. The van der Waals surface area contributed by atoms with Gasteiger partial charge in [0.1, 0.15) is 35.8 Å². The summed E-state index contributed by atoms with van der Waals surface area (Å²) in [4.78, 5) is 58.1. The minimum Gasteiger partial charge on any atom is -0.382 e. The van der Waals surface area contributed by atoms with Crippen molar-refractivity contribution in [2.24, 2.45) is 11.8 Å². The monoisotopic (exact) mass is 708 g/mol. The Hall–Kier alpha value is -3.38. The number of fused-ring (bicyclic) bond motifs is 4. The van der Waals surface area contributed by atoms with E-state index in [1.54, 1.807) is 0 Å². The maximum Gasteiger partial charge on any atom is 0.472 e. The Morgan fingerprint density at radius 3 is 2.66 bits per heavy atom. The van der Waals surface area contributed by atoms with E-state index < -0.39 is 74.7 Å². The Balaban J connectivity index is 1.16. The predicted octanol–water partition coefficient (Wildman–Crippen LogP) is -0.265. The van der Waals surface area contributed by atoms with Crippen LogP contribution >= 0.6 is 14.5 Å². The molecule has 4 fully saturated rings. The molecule has 47 heavy (non-hydrogen) atoms. The number of ether oxygens (including phenoxy) is 2. The Morgan fingerprint density at radius 1 is 1.06 bits per heavy atom. The van der Waals surface area contributed by atoms with Crippen LogP contribution in [0.25, 0.3) is 22.3 Å². The number of nitrogens with two attached hydrogens (primary N) is 2. The molecule has 8 rings (SSSR count). The molecule has 1 saturated carbocycles. The second-order valence-electron chi connectivity index (χ2n) is 11.6. The maximum absolute atomic E-state index is 13.5. The van der Waals surface area contributed by atoms with E-state index in [0.29, 0.717) is 11.2 Å². The number of terminal acetylenes is 1. The number of phosphoric acid groups is 1. The van der Waals surface area contributed by atoms with E-state index in [0.717, 1.165) is 0 Å². The molecule has 1 aliphatic carbocycles. The van der Waals surface area contributed by atoms with Gasteiger partial charge in [-0.05, 0) is 18.2 Å². The summed E-state index contributed by atoms with van der Waals surface area (Å²) in [7, 11) is -4.82. The molecule has 7 N–H and O–H groups in total. The van der Waals surface area contributed by atoms with Crippen LogP contribution in [0.4, 0.5) is 11.8 Å². The Morgan fingerprint density at radius 2 is 1.85 bits per heavy atom. The number of phosphoric ester groups is 1. The SMILES string of the molecule is C#C[C@@H]1[C@H]2COP(=O)(O)O[C@H]3[C@H]4OC[C@]3(COP(O)(=S)O[C@H]1[C@H](n1cnc3c(=O)[nH]c(N)nc31)C2)O[C@H]4n1cnc2c(N)ncnc21. The predicted molar refractivity (Wildman–Crippen MR) is 162 cm³/mol. The number of hydrogen-bond acceptors (Lipinski definition) is 16. The van der Waals surface area contributed by atoms with Gasteiger partial charge < -0.3 is 44.3 Å². The summed E-state index contributed by atoms with van der Waals surface area (Å²) in [6, 6.07) is -0.732. The van der Waals surface area contributed by atoms with E-state index in [1.165, 1.54) is 28.1 Å². The number of nitrogens with one attached hydrogen (secondary N) is 1. The number of aromatic amines is 1. The Kier molecular flexibility index (Phi) is 7.12. The molecule has 0 amide bonds. The molecule has 0 aromatic carbocycles. The molecule has 4 bridgehead atoms. The van der Waals surface area contributed by atoms with Crippen LogP contribution in [-0.2, 0) is 43.9 Å². The van der Waals surface area contributed by atoms with Crippen molar-refractivity contribution in [2.75, 3.05) is 31.3 Å². The molecule has 0 radical (unpaired) electrons. The van der Waals surface area contributed by atoms with Crippen molar-refractivity contribution in [1.82, 2.24) is 39.0 Å². The molecule has 10 atom stereocenters. The van der Waals surface area contributed by atoms with Gasteiger partial charge in [-0.3, -0.25) is 23.4 Å². The van der Waals surface area contributed by atoms with E-state index in [4.69, 9.17) is 57.3 Å². The number of H-pyrrole nitrogens is 1. The second kappa shape index (κ2) is 10.8. The van der Waals surface area contributed by atoms with Gasteiger partial charge in [-0.1, -0.05) is 0 Å². The highest BCUT2D eigenvalue weighted by Gasteiger charge is 2.66. The number of nitrogen functional groups attached to an aromatic ring is 2. The lowest BCUT2D eigenvalue weighted by molar-refractivity contribution is -0.183. The average Bonchev–Trinajstić information content (AvgIpc) is 3.82. The zero-order valence-electron chi connectivity index (χ0n) is 23.9. The van der Waals surface area contributed by atoms with E-state index in [1.807, 2.05) is 0 Å². The van der Waals surface area contributed by atoms with Crippen molar-refractivity contribution in [1.29, 1.82) is 0 Å². The van der Waals surface area contributed by atoms with Crippen LogP contribution in [0.2, 0.25) is 0 Å². The molecule has 0 spiro atoms. The minimum absolute atomic E-state index is 0.00550. The van der Waals surface area contributed by atoms with Gasteiger partial charge >= 0.3 is 14.5 Å². The highest BCUT2D eigenvalue weighted by Crippen LogP contribution is 2.59. The molecule has 3 aliphatic heterocycles. The van der Waals surface area contributed by atoms with Gasteiger partial charge in [-0.2, -0.15) is 4.98 Å². The van der Waals surface area contributed by atoms with Crippen molar-refractivity contribution in [2.45, 2.75) is 42.6 Å². The van der Waals surface area contributed by atoms with E-state index >= 15 is 0 Å². The summed E-state index contributed by atoms with van der Waals surface area (Å²) >= 11 is 5.46. The summed E-state index contributed by atoms with van der Waals surface area (Å²) in [5.41, 5.74) is 10.4. The fourth-order valence-corrected chi connectivity index (χ4v) is 9.28. The van der Waals surface area contributed by atoms with Crippen molar-refractivity contribution in [3.05, 3.63) is 29.3 Å². The van der Waals surface area contributed by atoms with Crippen molar-refractivity contribution < 1.29 is 41.9 Å². The van der Waals surface area contributed by atoms with Gasteiger partial charge in [-0.15, -0.1) is 12.3 Å². The largest absolute Gasteiger partial charge is 0.472 e. The highest BCUT2D eigenvalue weighted by atomic mass is 32.5. The van der Waals surface area contributed by atoms with Crippen LogP contribution in [-0.4, -0.2) is 92.6 Å². The fraction of sp³-hybridized carbons (Fsp3) is 0.500. The molecule has 7 heterocycles. The molecule has 2 unspecified atom stereocenters. The zero-order valence-corrected chi connectivity index (χ0v) is 26.5. The van der Waals surface area contributed by atoms with Crippen LogP contribution in [0.15, 0.2) is 23.8 Å². The van der Waals surface area contributed by atoms with Gasteiger partial charge in [0.25, 0.3) is 5.56 Å². The van der Waals surface area contributed by atoms with Crippen molar-refractivity contribution >= 4 is 60.4 Å². The van der Waals surface area contributed by atoms with Crippen LogP contribution in [0.1, 0.15) is 18.7 Å². The molecule has 4 aromatic heterocycles. The quantitative estimate of drug-likeness (QED) is 0.132. The third-order valence-corrected chi connectivity index (χ3v) is 11.4. The third-order valence-electron chi connectivity index (χ3n) is 8.85. The third kappa shape index (κ3) is 5.00. The van der Waals surface area contributed by atoms with Gasteiger partial charge in [0, 0.05) is 5.92 Å². The number of anilines is 2. The summed E-state index contributed by atoms with van der Waals surface area (Å²) in [6.07, 6.45) is 5.91. The molecule has 4 aliphatic rings. The van der Waals surface area contributed by atoms with E-state index in [2.05, 4.69) is 35.8 Å². The first-order chi connectivity index (χ1) is 22.4. The van der Waals surface area contributed by atoms with Gasteiger partial charge in [0.05, 0.1) is 44.4 Å². The molecule has 4 aromatic rings. The second-order valence-corrected chi connectivity index (χ2v) is 15.8. The average molecular weight is 709 g/mol. The van der Waals surface area contributed by atoms with Crippen LogP contribution < -0.4 is 17.0 Å². The standard InChI is InChI=1S/C24H26N10O10P2S/c1-2-11-10-3-12(33-8-30-14-20(33)31-23(26)32-21(14)35)15(11)43-46(38,47)41-6-24-5-39-16(17(24)44-45(36,37)40-4-10)22(42-24)34-9-29-13-18(25)27-7-28-19(13)34/h1,7-12,15-17,22H,3-6H2,(H,36,37)(H,38,47)(H2,25,27,28)(H3,26,31,32,35)/t10-,11-,12-,15-,16-,17+,22-,24-,46?/m1/s1. The van der Waals surface area contributed by atoms with Gasteiger partial charge in [0.15, 0.2) is 28.9 Å². The highest BCUT2D eigenvalue weighted by molar-refractivity contribution is 8.07. The summed E-state index contributed by atoms with van der Waals surface area (Å²) < 4.78 is 52.2. The normalized spacial score (nSPS) is 38.9. The molecule has 3 saturated heterocycles. The lowest BCUT2D eigenvalue weighted by Crippen LogP contribution is -2.45. The number of hydrogen-bond donors (Lipinski definition) is 5. The van der Waals surface area contributed by atoms with E-state index in [-0.39, 0.29) is 42.6 Å². The molecule has 23 heteroatoms. The molecule has 248 valence electrons. The lowest BCUT2D eigenvalue weighted by Gasteiger charge is -2.33. The van der Waals surface area contributed by atoms with Crippen LogP contribution in [0.5, 0.6) is 0 Å². The fourth-order valence-electron chi connectivity index (χ4n) is 6.77. The Bertz CT molecular complexity index is 2120. The number of rotatable bonds is 2. The van der Waals surface area contributed by atoms with Crippen molar-refractivity contribution in [3.8, 4) is 12.3 Å². The number of imidazole rings is 2. The molecule has 20 nitrogen and oxygen atoms in total. The smallest absolute Gasteiger partial charge is 0.382 e. The molecular weight excluding hydrogens is 682 g/mol. The van der Waals surface area contributed by atoms with Gasteiger partial charge in [0.2, 0.25) is 5.95 Å². The topological polar surface area (TPSA) is 272 Å². The van der Waals surface area contributed by atoms with Gasteiger partial charge in [-0.25, -0.2) is 24.5 Å². The number of aromatic nitrogens is 8. The summed E-state index contributed by atoms with van der Waals surface area (Å²) in [5, 5.41) is 0. The minimum atomic E-state index is -4.82. The zero-order chi connectivity index (χ0) is 32.9. The summed E-state index contributed by atoms with van der Waals surface area (Å²) in [5.74, 6) is 1.19. The lowest BCUT2D eigenvalue weighted by atomic mass is 9.97. The first-order valence-electron chi connectivity index (χ1n) is 14.1. The Labute approximate surface area is 268 Å².